The smallest absolute Gasteiger partial charge is 0.252 e. The average Bonchev–Trinajstić information content (AvgIpc) is 0.689. The molecule has 0 saturated heterocycles. The first-order valence-corrected chi connectivity index (χ1v) is 36.2. The monoisotopic (exact) mass is 1320 g/mol. The van der Waals surface area contributed by atoms with Gasteiger partial charge in [-0.2, -0.15) is 0 Å². The fourth-order valence-corrected chi connectivity index (χ4v) is 17.5. The Hall–Kier alpha value is -12.2. The molecule has 0 N–H and O–H groups in total. The lowest BCUT2D eigenvalue weighted by atomic mass is 9.31. The Morgan fingerprint density at radius 2 is 0.637 bits per heavy atom. The van der Waals surface area contributed by atoms with Crippen molar-refractivity contribution >= 4 is 143 Å². The number of hydrogen-bond acceptors (Lipinski definition) is 6. The van der Waals surface area contributed by atoms with E-state index in [4.69, 9.17) is 0 Å². The van der Waals surface area contributed by atoms with Crippen molar-refractivity contribution in [2.45, 2.75) is 36.0 Å². The SMILES string of the molecule is CC(C)(C)c1ccc(-c2ccccc2N2c3cc4c(cc3B3c5ccccc5N(c5ccccc5)c5cc(N(c6ccccc6)c6ccccc6)cc2c53)B2c3ccccc3N(c3ccccc3)c3cc(N(c5ccc(-c6ccccc6)cc5)c5ccc(-c6ccccc6)cc5)cc(c32)S4)cc1. The quantitative estimate of drug-likeness (QED) is 0.113. The lowest BCUT2D eigenvalue weighted by Crippen LogP contribution is -2.64. The first-order valence-electron chi connectivity index (χ1n) is 35.4. The first-order chi connectivity index (χ1) is 50.3. The second kappa shape index (κ2) is 24.9. The fourth-order valence-electron chi connectivity index (χ4n) is 16.3. The molecule has 0 aliphatic carbocycles. The van der Waals surface area contributed by atoms with Crippen molar-refractivity contribution < 1.29 is 0 Å². The van der Waals surface area contributed by atoms with Crippen LogP contribution < -0.4 is 57.3 Å². The molecular weight excluding hydrogens is 1250 g/mol. The van der Waals surface area contributed by atoms with E-state index in [0.717, 1.165) is 90.8 Å². The van der Waals surface area contributed by atoms with Crippen LogP contribution in [0.1, 0.15) is 26.3 Å². The van der Waals surface area contributed by atoms with Crippen LogP contribution in [0.2, 0.25) is 0 Å². The summed E-state index contributed by atoms with van der Waals surface area (Å²) in [6.45, 7) is 6.61. The summed E-state index contributed by atoms with van der Waals surface area (Å²) in [6.07, 6.45) is 0. The molecule has 4 aliphatic heterocycles. The van der Waals surface area contributed by atoms with Gasteiger partial charge in [-0.05, 0) is 187 Å². The molecule has 4 heterocycles. The van der Waals surface area contributed by atoms with E-state index in [1.165, 1.54) is 76.1 Å². The lowest BCUT2D eigenvalue weighted by Gasteiger charge is -2.46. The third-order valence-electron chi connectivity index (χ3n) is 21.0. The van der Waals surface area contributed by atoms with Gasteiger partial charge in [0.15, 0.2) is 0 Å². The number of nitrogens with zero attached hydrogens (tertiary/aromatic N) is 5. The molecule has 0 amide bonds. The van der Waals surface area contributed by atoms with E-state index in [1.54, 1.807) is 0 Å². The minimum absolute atomic E-state index is 0.0151. The molecule has 15 aromatic rings. The highest BCUT2D eigenvalue weighted by molar-refractivity contribution is 8.00. The van der Waals surface area contributed by atoms with Crippen LogP contribution in [0.5, 0.6) is 0 Å². The molecule has 19 rings (SSSR count). The third kappa shape index (κ3) is 10.3. The minimum Gasteiger partial charge on any atom is -0.311 e. The molecule has 0 bridgehead atoms. The van der Waals surface area contributed by atoms with Crippen LogP contribution >= 0.6 is 11.8 Å². The van der Waals surface area contributed by atoms with E-state index in [0.29, 0.717) is 0 Å². The lowest BCUT2D eigenvalue weighted by molar-refractivity contribution is 0.590. The summed E-state index contributed by atoms with van der Waals surface area (Å²) in [7, 11) is 0. The van der Waals surface area contributed by atoms with Crippen LogP contribution in [0.25, 0.3) is 33.4 Å². The molecule has 8 heteroatoms. The Kier molecular flexibility index (Phi) is 14.9. The topological polar surface area (TPSA) is 16.2 Å². The molecule has 102 heavy (non-hydrogen) atoms. The highest BCUT2D eigenvalue weighted by Crippen LogP contribution is 2.53. The zero-order valence-electron chi connectivity index (χ0n) is 56.9. The summed E-state index contributed by atoms with van der Waals surface area (Å²) in [5, 5.41) is 0. The first kappa shape index (κ1) is 60.9. The van der Waals surface area contributed by atoms with E-state index in [2.05, 4.69) is 409 Å². The van der Waals surface area contributed by atoms with E-state index in [1.807, 2.05) is 11.8 Å². The maximum Gasteiger partial charge on any atom is 0.252 e. The fraction of sp³-hybridized carbons (Fsp3) is 0.0426. The van der Waals surface area contributed by atoms with E-state index in [-0.39, 0.29) is 18.8 Å². The van der Waals surface area contributed by atoms with Crippen molar-refractivity contribution in [1.29, 1.82) is 0 Å². The number of benzene rings is 15. The van der Waals surface area contributed by atoms with E-state index in [9.17, 15) is 0 Å². The van der Waals surface area contributed by atoms with Gasteiger partial charge in [-0.15, -0.1) is 0 Å². The normalized spacial score (nSPS) is 12.9. The molecule has 0 unspecified atom stereocenters. The van der Waals surface area contributed by atoms with Crippen molar-refractivity contribution in [3.63, 3.8) is 0 Å². The van der Waals surface area contributed by atoms with Crippen molar-refractivity contribution in [3.05, 3.63) is 370 Å². The molecule has 4 aliphatic rings. The van der Waals surface area contributed by atoms with Gasteiger partial charge in [-0.25, -0.2) is 0 Å². The Morgan fingerprint density at radius 1 is 0.255 bits per heavy atom. The van der Waals surface area contributed by atoms with Gasteiger partial charge in [0.25, 0.3) is 6.71 Å². The minimum atomic E-state index is -0.167. The summed E-state index contributed by atoms with van der Waals surface area (Å²) < 4.78 is 0. The van der Waals surface area contributed by atoms with Crippen LogP contribution in [-0.4, -0.2) is 13.4 Å². The molecule has 5 nitrogen and oxygen atoms in total. The molecule has 482 valence electrons. The maximum atomic E-state index is 2.65. The number of hydrogen-bond donors (Lipinski definition) is 0. The van der Waals surface area contributed by atoms with Gasteiger partial charge in [0.1, 0.15) is 0 Å². The summed E-state index contributed by atoms with van der Waals surface area (Å²) in [5.41, 5.74) is 32.6. The average molecular weight is 1320 g/mol. The maximum absolute atomic E-state index is 2.65. The predicted molar refractivity (Wildman–Crippen MR) is 435 cm³/mol. The van der Waals surface area contributed by atoms with E-state index >= 15 is 0 Å². The van der Waals surface area contributed by atoms with Gasteiger partial charge in [0.05, 0.1) is 11.4 Å². The zero-order valence-corrected chi connectivity index (χ0v) is 57.8. The largest absolute Gasteiger partial charge is 0.311 e. The number of para-hydroxylation sites is 7. The second-order valence-corrected chi connectivity index (χ2v) is 29.1. The van der Waals surface area contributed by atoms with Crippen molar-refractivity contribution in [2.24, 2.45) is 0 Å². The van der Waals surface area contributed by atoms with Crippen LogP contribution in [0, 0.1) is 0 Å². The Balaban J connectivity index is 0.883. The highest BCUT2D eigenvalue weighted by Gasteiger charge is 2.48. The van der Waals surface area contributed by atoms with Crippen molar-refractivity contribution in [1.82, 2.24) is 0 Å². The van der Waals surface area contributed by atoms with Crippen molar-refractivity contribution in [2.75, 3.05) is 24.5 Å². The van der Waals surface area contributed by atoms with Crippen molar-refractivity contribution in [3.8, 4) is 33.4 Å². The van der Waals surface area contributed by atoms with Gasteiger partial charge >= 0.3 is 0 Å². The second-order valence-electron chi connectivity index (χ2n) is 28.0. The number of fused-ring (bicyclic) bond motifs is 8. The van der Waals surface area contributed by atoms with Gasteiger partial charge in [0, 0.05) is 89.3 Å². The summed E-state index contributed by atoms with van der Waals surface area (Å²) in [4.78, 5) is 15.1. The zero-order chi connectivity index (χ0) is 68.0. The van der Waals surface area contributed by atoms with Crippen LogP contribution in [0.4, 0.5) is 85.3 Å². The van der Waals surface area contributed by atoms with E-state index < -0.39 is 0 Å². The van der Waals surface area contributed by atoms with Gasteiger partial charge in [0.2, 0.25) is 6.71 Å². The van der Waals surface area contributed by atoms with Gasteiger partial charge < -0.3 is 24.5 Å². The Morgan fingerprint density at radius 3 is 1.14 bits per heavy atom. The molecule has 0 fully saturated rings. The summed E-state index contributed by atoms with van der Waals surface area (Å²) in [5.74, 6) is 0. The van der Waals surface area contributed by atoms with Gasteiger partial charge in [-0.3, -0.25) is 0 Å². The number of rotatable bonds is 12. The molecule has 15 aromatic carbocycles. The van der Waals surface area contributed by atoms with Crippen LogP contribution in [-0.2, 0) is 5.41 Å². The molecule has 0 spiro atoms. The summed E-state index contributed by atoms with van der Waals surface area (Å²) in [6, 6.07) is 136. The molecule has 0 aromatic heterocycles. The Labute approximate surface area is 602 Å². The third-order valence-corrected chi connectivity index (χ3v) is 22.1. The molecule has 0 saturated carbocycles. The highest BCUT2D eigenvalue weighted by atomic mass is 32.2. The molecular formula is C94H69B2N5S. The predicted octanol–water partition coefficient (Wildman–Crippen LogP) is 21.8. The summed E-state index contributed by atoms with van der Waals surface area (Å²) >= 11 is 1.91. The molecule has 0 atom stereocenters. The molecule has 0 radical (unpaired) electrons. The number of anilines is 15. The Bertz CT molecular complexity index is 5540. The van der Waals surface area contributed by atoms with Gasteiger partial charge in [-0.1, -0.05) is 281 Å². The van der Waals surface area contributed by atoms with Crippen LogP contribution in [0.15, 0.2) is 374 Å². The van der Waals surface area contributed by atoms with Crippen LogP contribution in [0.3, 0.4) is 0 Å². The standard InChI is InChI=1S/C94H69B2N5S/c1-94(2,3)69-52-46-68(47-53-69)78-40-22-25-43-83(78)101-86-63-90-82(62-81(86)95-79-41-23-26-44-84(79)99(72-36-18-8-19-37-72)87-58-76(59-88(101)92(87)95)97(70-32-14-6-15-33-70)71-34-16-7-17-35-71)96-80-42-24-27-45-85(80)100(73-38-20-9-21-39-73)89-60-77(61-91(102-90)93(89)96)98(74-54-48-66(49-55-74)64-28-10-4-11-29-64)75-56-50-67(51-57-75)65-30-12-5-13-31-65/h4-63H,1-3H3.